The Morgan fingerprint density at radius 2 is 1.89 bits per heavy atom. The van der Waals surface area contributed by atoms with Gasteiger partial charge in [-0.05, 0) is 54.1 Å². The second kappa shape index (κ2) is 5.31. The summed E-state index contributed by atoms with van der Waals surface area (Å²) in [7, 11) is 2.18. The van der Waals surface area contributed by atoms with Gasteiger partial charge in [-0.2, -0.15) is 11.3 Å². The number of anilines is 1. The average Bonchev–Trinajstić information content (AvgIpc) is 2.93. The molecule has 0 radical (unpaired) electrons. The molecule has 3 rings (SSSR count). The van der Waals surface area contributed by atoms with Gasteiger partial charge in [0.25, 0.3) is 0 Å². The smallest absolute Gasteiger partial charge is 0.129 e. The van der Waals surface area contributed by atoms with Gasteiger partial charge in [-0.25, -0.2) is 4.98 Å². The number of aromatic nitrogens is 1. The topological polar surface area (TPSA) is 19.4 Å². The molecule has 0 spiro atoms. The summed E-state index contributed by atoms with van der Waals surface area (Å²) >= 11 is 1.74. The zero-order valence-corrected chi connectivity index (χ0v) is 12.3. The molecular weight excluding hydrogens is 254 g/mol. The molecule has 0 amide bonds. The molecule has 4 heteroatoms. The van der Waals surface area contributed by atoms with Gasteiger partial charge in [0.2, 0.25) is 0 Å². The van der Waals surface area contributed by atoms with Crippen molar-refractivity contribution in [3.05, 3.63) is 34.7 Å². The summed E-state index contributed by atoms with van der Waals surface area (Å²) in [5.74, 6) is 1.12. The Morgan fingerprint density at radius 1 is 1.11 bits per heavy atom. The molecule has 0 aromatic carbocycles. The van der Waals surface area contributed by atoms with Crippen LogP contribution in [0, 0.1) is 6.92 Å². The Kier molecular flexibility index (Phi) is 3.53. The predicted octanol–water partition coefficient (Wildman–Crippen LogP) is 2.87. The normalized spacial score (nSPS) is 16.8. The minimum absolute atomic E-state index is 1.07. The third-order valence-electron chi connectivity index (χ3n) is 3.62. The van der Waals surface area contributed by atoms with E-state index in [0.29, 0.717) is 0 Å². The van der Waals surface area contributed by atoms with Crippen LogP contribution >= 0.6 is 11.3 Å². The van der Waals surface area contributed by atoms with E-state index in [1.165, 1.54) is 11.1 Å². The van der Waals surface area contributed by atoms with Gasteiger partial charge in [0.15, 0.2) is 0 Å². The fraction of sp³-hybridized carbons (Fsp3) is 0.400. The molecule has 1 aliphatic heterocycles. The number of piperazine rings is 1. The van der Waals surface area contributed by atoms with Gasteiger partial charge in [-0.3, -0.25) is 0 Å². The van der Waals surface area contributed by atoms with Crippen LogP contribution in [0.4, 0.5) is 5.82 Å². The van der Waals surface area contributed by atoms with Crippen LogP contribution in [0.15, 0.2) is 29.0 Å². The Balaban J connectivity index is 1.90. The number of pyridine rings is 1. The van der Waals surface area contributed by atoms with Gasteiger partial charge in [0.1, 0.15) is 5.82 Å². The highest BCUT2D eigenvalue weighted by atomic mass is 32.1. The molecule has 0 saturated carbocycles. The summed E-state index contributed by atoms with van der Waals surface area (Å²) in [6.45, 7) is 6.44. The van der Waals surface area contributed by atoms with Gasteiger partial charge in [-0.15, -0.1) is 0 Å². The van der Waals surface area contributed by atoms with Crippen LogP contribution in [-0.4, -0.2) is 43.1 Å². The maximum atomic E-state index is 4.70. The van der Waals surface area contributed by atoms with Crippen molar-refractivity contribution in [2.45, 2.75) is 6.92 Å². The van der Waals surface area contributed by atoms with Crippen molar-refractivity contribution in [2.24, 2.45) is 0 Å². The minimum atomic E-state index is 1.07. The van der Waals surface area contributed by atoms with Gasteiger partial charge in [-0.1, -0.05) is 0 Å². The van der Waals surface area contributed by atoms with Gasteiger partial charge in [0.05, 0.1) is 0 Å². The van der Waals surface area contributed by atoms with Crippen molar-refractivity contribution in [3.8, 4) is 11.1 Å². The largest absolute Gasteiger partial charge is 0.354 e. The van der Waals surface area contributed by atoms with Crippen molar-refractivity contribution in [1.29, 1.82) is 0 Å². The van der Waals surface area contributed by atoms with E-state index in [4.69, 9.17) is 4.98 Å². The van der Waals surface area contributed by atoms with Crippen LogP contribution in [0.2, 0.25) is 0 Å². The van der Waals surface area contributed by atoms with Gasteiger partial charge >= 0.3 is 0 Å². The van der Waals surface area contributed by atoms with Crippen LogP contribution in [0.25, 0.3) is 11.1 Å². The summed E-state index contributed by atoms with van der Waals surface area (Å²) in [4.78, 5) is 9.46. The second-order valence-electron chi connectivity index (χ2n) is 5.16. The number of rotatable bonds is 2. The Morgan fingerprint density at radius 3 is 2.58 bits per heavy atom. The van der Waals surface area contributed by atoms with Gasteiger partial charge in [0, 0.05) is 31.9 Å². The molecule has 1 aliphatic rings. The molecule has 19 heavy (non-hydrogen) atoms. The van der Waals surface area contributed by atoms with E-state index < -0.39 is 0 Å². The molecule has 3 heterocycles. The van der Waals surface area contributed by atoms with Crippen LogP contribution in [0.1, 0.15) is 5.69 Å². The van der Waals surface area contributed by atoms with Crippen LogP contribution < -0.4 is 4.90 Å². The lowest BCUT2D eigenvalue weighted by molar-refractivity contribution is 0.312. The monoisotopic (exact) mass is 273 g/mol. The highest BCUT2D eigenvalue weighted by molar-refractivity contribution is 7.08. The molecule has 3 nitrogen and oxygen atoms in total. The fourth-order valence-corrected chi connectivity index (χ4v) is 3.11. The third-order valence-corrected chi connectivity index (χ3v) is 4.30. The molecule has 0 unspecified atom stereocenters. The van der Waals surface area contributed by atoms with Crippen molar-refractivity contribution in [3.63, 3.8) is 0 Å². The van der Waals surface area contributed by atoms with E-state index in [9.17, 15) is 0 Å². The molecule has 1 saturated heterocycles. The first kappa shape index (κ1) is 12.6. The SMILES string of the molecule is Cc1cc(-c2ccsc2)cc(N2CCN(C)CC2)n1. The highest BCUT2D eigenvalue weighted by Crippen LogP contribution is 2.26. The van der Waals surface area contributed by atoms with Crippen molar-refractivity contribution >= 4 is 17.2 Å². The summed E-state index contributed by atoms with van der Waals surface area (Å²) < 4.78 is 0. The molecule has 0 bridgehead atoms. The first-order chi connectivity index (χ1) is 9.22. The summed E-state index contributed by atoms with van der Waals surface area (Å²) in [5.41, 5.74) is 3.67. The lowest BCUT2D eigenvalue weighted by Crippen LogP contribution is -2.44. The number of nitrogens with zero attached hydrogens (tertiary/aromatic N) is 3. The molecule has 1 fully saturated rings. The zero-order valence-electron chi connectivity index (χ0n) is 11.5. The quantitative estimate of drug-likeness (QED) is 0.839. The summed E-state index contributed by atoms with van der Waals surface area (Å²) in [6, 6.07) is 6.56. The number of aryl methyl sites for hydroxylation is 1. The van der Waals surface area contributed by atoms with E-state index in [2.05, 4.69) is 52.7 Å². The Labute approximate surface area is 118 Å². The van der Waals surface area contributed by atoms with Crippen molar-refractivity contribution in [2.75, 3.05) is 38.1 Å². The molecule has 2 aromatic rings. The predicted molar refractivity (Wildman–Crippen MR) is 82.0 cm³/mol. The first-order valence-corrected chi connectivity index (χ1v) is 7.61. The Bertz CT molecular complexity index is 543. The third kappa shape index (κ3) is 2.80. The number of likely N-dealkylation sites (N-methyl/N-ethyl adjacent to an activating group) is 1. The number of hydrogen-bond acceptors (Lipinski definition) is 4. The maximum absolute atomic E-state index is 4.70. The van der Waals surface area contributed by atoms with E-state index in [1.807, 2.05) is 0 Å². The van der Waals surface area contributed by atoms with E-state index in [0.717, 1.165) is 37.7 Å². The zero-order chi connectivity index (χ0) is 13.2. The van der Waals surface area contributed by atoms with Crippen molar-refractivity contribution in [1.82, 2.24) is 9.88 Å². The van der Waals surface area contributed by atoms with Gasteiger partial charge < -0.3 is 9.80 Å². The molecule has 0 aliphatic carbocycles. The highest BCUT2D eigenvalue weighted by Gasteiger charge is 2.16. The number of hydrogen-bond donors (Lipinski definition) is 0. The number of thiophene rings is 1. The average molecular weight is 273 g/mol. The van der Waals surface area contributed by atoms with E-state index >= 15 is 0 Å². The molecule has 2 aromatic heterocycles. The second-order valence-corrected chi connectivity index (χ2v) is 5.94. The van der Waals surface area contributed by atoms with Crippen LogP contribution in [0.5, 0.6) is 0 Å². The maximum Gasteiger partial charge on any atom is 0.129 e. The fourth-order valence-electron chi connectivity index (χ4n) is 2.44. The summed E-state index contributed by atoms with van der Waals surface area (Å²) in [6.07, 6.45) is 0. The lowest BCUT2D eigenvalue weighted by atomic mass is 10.1. The van der Waals surface area contributed by atoms with Crippen LogP contribution in [-0.2, 0) is 0 Å². The lowest BCUT2D eigenvalue weighted by Gasteiger charge is -2.33. The molecular formula is C15H19N3S. The molecule has 100 valence electrons. The minimum Gasteiger partial charge on any atom is -0.354 e. The van der Waals surface area contributed by atoms with E-state index in [-0.39, 0.29) is 0 Å². The standard InChI is InChI=1S/C15H19N3S/c1-12-9-14(13-3-8-19-11-13)10-15(16-12)18-6-4-17(2)5-7-18/h3,8-11H,4-7H2,1-2H3. The first-order valence-electron chi connectivity index (χ1n) is 6.67. The van der Waals surface area contributed by atoms with Crippen LogP contribution in [0.3, 0.4) is 0 Å². The van der Waals surface area contributed by atoms with Crippen molar-refractivity contribution < 1.29 is 0 Å². The molecule has 0 N–H and O–H groups in total. The Hall–Kier alpha value is -1.39. The van der Waals surface area contributed by atoms with E-state index in [1.54, 1.807) is 11.3 Å². The summed E-state index contributed by atoms with van der Waals surface area (Å²) in [5, 5.41) is 4.32. The molecule has 0 atom stereocenters.